The van der Waals surface area contributed by atoms with Crippen molar-refractivity contribution in [3.8, 4) is 0 Å². The summed E-state index contributed by atoms with van der Waals surface area (Å²) in [6.45, 7) is 4.08. The van der Waals surface area contributed by atoms with Crippen molar-refractivity contribution >= 4 is 11.6 Å². The third-order valence-corrected chi connectivity index (χ3v) is 2.34. The minimum atomic E-state index is -0.419. The Morgan fingerprint density at radius 3 is 2.87 bits per heavy atom. The fourth-order valence-electron chi connectivity index (χ4n) is 1.35. The van der Waals surface area contributed by atoms with Crippen molar-refractivity contribution in [2.45, 2.75) is 39.3 Å². The van der Waals surface area contributed by atoms with E-state index in [1.807, 2.05) is 6.92 Å². The van der Waals surface area contributed by atoms with Gasteiger partial charge in [0.05, 0.1) is 6.10 Å². The molecule has 0 spiro atoms. The van der Waals surface area contributed by atoms with Crippen LogP contribution in [-0.4, -0.2) is 20.8 Å². The molecule has 0 fully saturated rings. The first-order valence-corrected chi connectivity index (χ1v) is 5.36. The molecule has 0 aliphatic carbocycles. The summed E-state index contributed by atoms with van der Waals surface area (Å²) >= 11 is 5.69. The normalized spacial score (nSPS) is 12.8. The van der Waals surface area contributed by atoms with Crippen LogP contribution in [0.1, 0.15) is 26.1 Å². The molecule has 1 aromatic rings. The second kappa shape index (κ2) is 5.28. The van der Waals surface area contributed by atoms with Crippen molar-refractivity contribution in [2.75, 3.05) is 0 Å². The van der Waals surface area contributed by atoms with Gasteiger partial charge in [0.1, 0.15) is 11.0 Å². The summed E-state index contributed by atoms with van der Waals surface area (Å²) in [5, 5.41) is 9.39. The average Bonchev–Trinajstić information content (AvgIpc) is 2.14. The molecular formula is C10H15ClN2O2. The molecule has 15 heavy (non-hydrogen) atoms. The fourth-order valence-corrected chi connectivity index (χ4v) is 1.54. The molecule has 4 nitrogen and oxygen atoms in total. The van der Waals surface area contributed by atoms with E-state index >= 15 is 0 Å². The maximum Gasteiger partial charge on any atom is 0.254 e. The van der Waals surface area contributed by atoms with Crippen LogP contribution in [0, 0.1) is 0 Å². The molecule has 0 aliphatic heterocycles. The molecule has 5 heteroatoms. The van der Waals surface area contributed by atoms with E-state index in [0.29, 0.717) is 25.2 Å². The van der Waals surface area contributed by atoms with E-state index in [4.69, 9.17) is 16.7 Å². The molecule has 0 bridgehead atoms. The predicted molar refractivity (Wildman–Crippen MR) is 59.2 cm³/mol. The van der Waals surface area contributed by atoms with Crippen LogP contribution < -0.4 is 5.56 Å². The highest BCUT2D eigenvalue weighted by Gasteiger charge is 2.06. The second-order valence-corrected chi connectivity index (χ2v) is 3.86. The van der Waals surface area contributed by atoms with Crippen molar-refractivity contribution in [1.82, 2.24) is 9.55 Å². The molecule has 1 rings (SSSR count). The van der Waals surface area contributed by atoms with E-state index < -0.39 is 6.10 Å². The third kappa shape index (κ3) is 3.32. The Balaban J connectivity index is 2.99. The maximum absolute atomic E-state index is 11.6. The number of aliphatic hydroxyl groups is 1. The molecule has 1 unspecified atom stereocenters. The number of halogens is 1. The molecule has 0 aliphatic rings. The molecule has 0 saturated heterocycles. The number of hydrogen-bond acceptors (Lipinski definition) is 3. The van der Waals surface area contributed by atoms with E-state index in [0.717, 1.165) is 0 Å². The van der Waals surface area contributed by atoms with Crippen molar-refractivity contribution in [3.63, 3.8) is 0 Å². The predicted octanol–water partition coefficient (Wildman–Crippen LogP) is 1.23. The number of aromatic nitrogens is 2. The van der Waals surface area contributed by atoms with Gasteiger partial charge in [-0.25, -0.2) is 4.98 Å². The molecule has 84 valence electrons. The van der Waals surface area contributed by atoms with Crippen LogP contribution >= 0.6 is 11.6 Å². The number of hydrogen-bond donors (Lipinski definition) is 1. The fraction of sp³-hybridized carbons (Fsp3) is 0.600. The SMILES string of the molecule is CCc1nc(Cl)cc(=O)n1CCC(C)O. The Bertz CT molecular complexity index is 387. The van der Waals surface area contributed by atoms with Crippen molar-refractivity contribution in [1.29, 1.82) is 0 Å². The van der Waals surface area contributed by atoms with Gasteiger partial charge in [-0.15, -0.1) is 0 Å². The third-order valence-electron chi connectivity index (χ3n) is 2.14. The topological polar surface area (TPSA) is 55.1 Å². The lowest BCUT2D eigenvalue weighted by atomic mass is 10.3. The minimum absolute atomic E-state index is 0.160. The van der Waals surface area contributed by atoms with E-state index in [-0.39, 0.29) is 10.7 Å². The van der Waals surface area contributed by atoms with E-state index in [1.54, 1.807) is 11.5 Å². The summed E-state index contributed by atoms with van der Waals surface area (Å²) < 4.78 is 1.55. The van der Waals surface area contributed by atoms with Crippen LogP contribution in [0.4, 0.5) is 0 Å². The van der Waals surface area contributed by atoms with Gasteiger partial charge in [0.15, 0.2) is 0 Å². The quantitative estimate of drug-likeness (QED) is 0.792. The Hall–Kier alpha value is -0.870. The van der Waals surface area contributed by atoms with Crippen LogP contribution in [-0.2, 0) is 13.0 Å². The molecular weight excluding hydrogens is 216 g/mol. The molecule has 0 saturated carbocycles. The summed E-state index contributed by atoms with van der Waals surface area (Å²) in [6.07, 6.45) is 0.767. The molecule has 1 aromatic heterocycles. The highest BCUT2D eigenvalue weighted by molar-refractivity contribution is 6.29. The first-order valence-electron chi connectivity index (χ1n) is 4.99. The van der Waals surface area contributed by atoms with Crippen LogP contribution in [0.5, 0.6) is 0 Å². The van der Waals surface area contributed by atoms with Crippen LogP contribution in [0.15, 0.2) is 10.9 Å². The second-order valence-electron chi connectivity index (χ2n) is 3.48. The van der Waals surface area contributed by atoms with E-state index in [2.05, 4.69) is 4.98 Å². The summed E-state index contributed by atoms with van der Waals surface area (Å²) in [5.74, 6) is 0.660. The Labute approximate surface area is 93.5 Å². The van der Waals surface area contributed by atoms with Gasteiger partial charge in [0, 0.05) is 19.0 Å². The van der Waals surface area contributed by atoms with Crippen molar-refractivity contribution in [3.05, 3.63) is 27.4 Å². The lowest BCUT2D eigenvalue weighted by Gasteiger charge is -2.11. The zero-order valence-electron chi connectivity index (χ0n) is 8.90. The Morgan fingerprint density at radius 1 is 1.67 bits per heavy atom. The maximum atomic E-state index is 11.6. The van der Waals surface area contributed by atoms with Crippen LogP contribution in [0.25, 0.3) is 0 Å². The van der Waals surface area contributed by atoms with Gasteiger partial charge in [-0.05, 0) is 13.3 Å². The molecule has 0 aromatic carbocycles. The van der Waals surface area contributed by atoms with Gasteiger partial charge in [-0.3, -0.25) is 9.36 Å². The van der Waals surface area contributed by atoms with Gasteiger partial charge in [0.25, 0.3) is 5.56 Å². The van der Waals surface area contributed by atoms with Crippen molar-refractivity contribution < 1.29 is 5.11 Å². The molecule has 1 heterocycles. The van der Waals surface area contributed by atoms with Gasteiger partial charge in [-0.2, -0.15) is 0 Å². The standard InChI is InChI=1S/C10H15ClN2O2/c1-3-9-12-8(11)6-10(15)13(9)5-4-7(2)14/h6-7,14H,3-5H2,1-2H3. The average molecular weight is 231 g/mol. The number of rotatable bonds is 4. The molecule has 1 N–H and O–H groups in total. The summed E-state index contributed by atoms with van der Waals surface area (Å²) in [7, 11) is 0. The number of aryl methyl sites for hydroxylation is 1. The van der Waals surface area contributed by atoms with E-state index in [1.165, 1.54) is 6.07 Å². The number of aliphatic hydroxyl groups excluding tert-OH is 1. The molecule has 1 atom stereocenters. The highest BCUT2D eigenvalue weighted by Crippen LogP contribution is 2.04. The van der Waals surface area contributed by atoms with Gasteiger partial charge in [-0.1, -0.05) is 18.5 Å². The van der Waals surface area contributed by atoms with Gasteiger partial charge in [0.2, 0.25) is 0 Å². The summed E-state index contributed by atoms with van der Waals surface area (Å²) in [4.78, 5) is 15.7. The minimum Gasteiger partial charge on any atom is -0.393 e. The largest absolute Gasteiger partial charge is 0.393 e. The molecule has 0 amide bonds. The Kier molecular flexibility index (Phi) is 4.29. The van der Waals surface area contributed by atoms with Gasteiger partial charge < -0.3 is 5.11 Å². The lowest BCUT2D eigenvalue weighted by molar-refractivity contribution is 0.177. The first kappa shape index (κ1) is 12.2. The highest BCUT2D eigenvalue weighted by atomic mass is 35.5. The lowest BCUT2D eigenvalue weighted by Crippen LogP contribution is -2.25. The van der Waals surface area contributed by atoms with Crippen molar-refractivity contribution in [2.24, 2.45) is 0 Å². The first-order chi connectivity index (χ1) is 7.04. The van der Waals surface area contributed by atoms with Crippen LogP contribution in [0.2, 0.25) is 5.15 Å². The van der Waals surface area contributed by atoms with Crippen LogP contribution in [0.3, 0.4) is 0 Å². The zero-order valence-corrected chi connectivity index (χ0v) is 9.66. The summed E-state index contributed by atoms with van der Waals surface area (Å²) in [6, 6.07) is 1.29. The zero-order chi connectivity index (χ0) is 11.4. The smallest absolute Gasteiger partial charge is 0.254 e. The Morgan fingerprint density at radius 2 is 2.33 bits per heavy atom. The monoisotopic (exact) mass is 230 g/mol. The number of nitrogens with zero attached hydrogens (tertiary/aromatic N) is 2. The van der Waals surface area contributed by atoms with E-state index in [9.17, 15) is 4.79 Å². The molecule has 0 radical (unpaired) electrons. The summed E-state index contributed by atoms with van der Waals surface area (Å²) in [5.41, 5.74) is -0.160. The van der Waals surface area contributed by atoms with Gasteiger partial charge >= 0.3 is 0 Å².